The van der Waals surface area contributed by atoms with Gasteiger partial charge in [0.15, 0.2) is 5.03 Å². The van der Waals surface area contributed by atoms with Gasteiger partial charge < -0.3 is 0 Å². The van der Waals surface area contributed by atoms with Gasteiger partial charge in [-0.25, -0.2) is 9.29 Å². The molecule has 0 spiro atoms. The Balaban J connectivity index is 2.00. The summed E-state index contributed by atoms with van der Waals surface area (Å²) in [6.07, 6.45) is 1.37. The second kappa shape index (κ2) is 4.68. The predicted octanol–water partition coefficient (Wildman–Crippen LogP) is 2.19. The van der Waals surface area contributed by atoms with Crippen LogP contribution in [0.4, 0.5) is 0 Å². The van der Waals surface area contributed by atoms with Crippen molar-refractivity contribution in [2.45, 2.75) is 11.6 Å². The summed E-state index contributed by atoms with van der Waals surface area (Å²) in [6.45, 7) is 0.00477. The van der Waals surface area contributed by atoms with E-state index in [4.69, 9.17) is 0 Å². The molecule has 0 bridgehead atoms. The van der Waals surface area contributed by atoms with Gasteiger partial charge in [-0.05, 0) is 29.8 Å². The molecule has 0 fully saturated rings. The second-order valence-corrected chi connectivity index (χ2v) is 6.99. The van der Waals surface area contributed by atoms with Crippen LogP contribution in [-0.4, -0.2) is 23.6 Å². The van der Waals surface area contributed by atoms with E-state index in [1.165, 1.54) is 12.3 Å². The number of pyridine rings is 1. The fourth-order valence-corrected chi connectivity index (χ4v) is 3.76. The molecule has 0 aliphatic carbocycles. The summed E-state index contributed by atoms with van der Waals surface area (Å²) in [4.78, 5) is 16.0. The maximum absolute atomic E-state index is 12.3. The molecule has 3 rings (SSSR count). The second-order valence-electron chi connectivity index (χ2n) is 4.30. The Hall–Kier alpha value is -1.73. The number of rotatable bonds is 2. The molecule has 5 nitrogen and oxygen atoms in total. The van der Waals surface area contributed by atoms with Crippen molar-refractivity contribution in [1.29, 1.82) is 0 Å². The Labute approximate surface area is 124 Å². The average molecular weight is 353 g/mol. The normalized spacial score (nSPS) is 16.2. The van der Waals surface area contributed by atoms with Gasteiger partial charge in [0.2, 0.25) is 0 Å². The maximum atomic E-state index is 12.3. The molecule has 0 saturated heterocycles. The zero-order chi connectivity index (χ0) is 14.3. The summed E-state index contributed by atoms with van der Waals surface area (Å²) in [5.74, 6) is -0.531. The topological polar surface area (TPSA) is 67.3 Å². The molecule has 1 amide bonds. The molecule has 20 heavy (non-hydrogen) atoms. The molecule has 1 aliphatic rings. The lowest BCUT2D eigenvalue weighted by Crippen LogP contribution is -2.29. The third-order valence-electron chi connectivity index (χ3n) is 3.00. The van der Waals surface area contributed by atoms with E-state index in [1.54, 1.807) is 30.3 Å². The van der Waals surface area contributed by atoms with Crippen LogP contribution in [0.3, 0.4) is 0 Å². The number of benzene rings is 1. The van der Waals surface area contributed by atoms with Crippen molar-refractivity contribution in [3.63, 3.8) is 0 Å². The molecule has 0 radical (unpaired) electrons. The number of hydrogen-bond acceptors (Lipinski definition) is 4. The van der Waals surface area contributed by atoms with Gasteiger partial charge in [-0.15, -0.1) is 0 Å². The van der Waals surface area contributed by atoms with E-state index in [9.17, 15) is 13.2 Å². The minimum absolute atomic E-state index is 0.00477. The lowest BCUT2D eigenvalue weighted by Gasteiger charge is -2.14. The Morgan fingerprint density at radius 1 is 1.15 bits per heavy atom. The van der Waals surface area contributed by atoms with Crippen molar-refractivity contribution in [2.24, 2.45) is 0 Å². The van der Waals surface area contributed by atoms with Gasteiger partial charge in [0.1, 0.15) is 0 Å². The van der Waals surface area contributed by atoms with Crippen molar-refractivity contribution in [1.82, 2.24) is 9.29 Å². The highest BCUT2D eigenvalue weighted by molar-refractivity contribution is 9.10. The number of carbonyl (C=O) groups excluding carboxylic acids is 1. The number of carbonyl (C=O) groups is 1. The lowest BCUT2D eigenvalue weighted by atomic mass is 10.2. The van der Waals surface area contributed by atoms with Gasteiger partial charge in [0.05, 0.1) is 12.1 Å². The molecule has 102 valence electrons. The minimum atomic E-state index is -3.84. The summed E-state index contributed by atoms with van der Waals surface area (Å²) in [7, 11) is -3.84. The van der Waals surface area contributed by atoms with E-state index in [1.807, 2.05) is 0 Å². The predicted molar refractivity (Wildman–Crippen MR) is 75.4 cm³/mol. The molecule has 0 saturated carbocycles. The monoisotopic (exact) mass is 352 g/mol. The van der Waals surface area contributed by atoms with Crippen molar-refractivity contribution in [2.75, 3.05) is 0 Å². The summed E-state index contributed by atoms with van der Waals surface area (Å²) in [6, 6.07) is 10.2. The van der Waals surface area contributed by atoms with E-state index < -0.39 is 15.9 Å². The van der Waals surface area contributed by atoms with Crippen molar-refractivity contribution < 1.29 is 13.2 Å². The Kier molecular flexibility index (Phi) is 3.10. The maximum Gasteiger partial charge on any atom is 0.285 e. The molecule has 1 aromatic heterocycles. The highest BCUT2D eigenvalue weighted by Crippen LogP contribution is 2.29. The molecule has 1 aromatic carbocycles. The van der Waals surface area contributed by atoms with Crippen LogP contribution in [0.2, 0.25) is 0 Å². The van der Waals surface area contributed by atoms with Crippen LogP contribution < -0.4 is 0 Å². The molecule has 2 heterocycles. The largest absolute Gasteiger partial charge is 0.285 e. The number of sulfonamides is 1. The summed E-state index contributed by atoms with van der Waals surface area (Å²) in [5, 5.41) is -0.165. The zero-order valence-corrected chi connectivity index (χ0v) is 12.6. The SMILES string of the molecule is O=C1c2cccnc2S(=O)(=O)N1Cc1ccc(Br)cc1. The minimum Gasteiger partial charge on any atom is -0.268 e. The number of nitrogens with zero attached hydrogens (tertiary/aromatic N) is 2. The quantitative estimate of drug-likeness (QED) is 0.830. The molecule has 7 heteroatoms. The van der Waals surface area contributed by atoms with Gasteiger partial charge in [0.25, 0.3) is 15.9 Å². The van der Waals surface area contributed by atoms with Gasteiger partial charge in [-0.1, -0.05) is 28.1 Å². The summed E-state index contributed by atoms with van der Waals surface area (Å²) in [5.41, 5.74) is 0.863. The third kappa shape index (κ3) is 2.03. The number of fused-ring (bicyclic) bond motifs is 1. The third-order valence-corrected chi connectivity index (χ3v) is 5.22. The summed E-state index contributed by atoms with van der Waals surface area (Å²) >= 11 is 3.31. The first kappa shape index (κ1) is 13.3. The molecule has 1 aliphatic heterocycles. The highest BCUT2D eigenvalue weighted by Gasteiger charge is 2.42. The smallest absolute Gasteiger partial charge is 0.268 e. The number of aromatic nitrogens is 1. The molecule has 0 unspecified atom stereocenters. The lowest BCUT2D eigenvalue weighted by molar-refractivity contribution is 0.0865. The molecular formula is C13H9BrN2O3S. The van der Waals surface area contributed by atoms with E-state index in [0.717, 1.165) is 14.3 Å². The highest BCUT2D eigenvalue weighted by atomic mass is 79.9. The van der Waals surface area contributed by atoms with Gasteiger partial charge in [0, 0.05) is 10.7 Å². The molecule has 2 aromatic rings. The van der Waals surface area contributed by atoms with E-state index >= 15 is 0 Å². The fraction of sp³-hybridized carbons (Fsp3) is 0.0769. The first-order valence-corrected chi connectivity index (χ1v) is 8.00. The van der Waals surface area contributed by atoms with Crippen molar-refractivity contribution >= 4 is 31.9 Å². The van der Waals surface area contributed by atoms with Crippen molar-refractivity contribution in [3.05, 3.63) is 58.2 Å². The van der Waals surface area contributed by atoms with E-state index in [0.29, 0.717) is 0 Å². The summed E-state index contributed by atoms with van der Waals surface area (Å²) < 4.78 is 26.3. The standard InChI is InChI=1S/C13H9BrN2O3S/c14-10-5-3-9(4-6-10)8-16-13(17)11-2-1-7-15-12(11)20(16,18)19/h1-7H,8H2. The van der Waals surface area contributed by atoms with Gasteiger partial charge in [-0.3, -0.25) is 4.79 Å². The number of halogens is 1. The van der Waals surface area contributed by atoms with Gasteiger partial charge in [-0.2, -0.15) is 8.42 Å². The molecule has 0 atom stereocenters. The molecular weight excluding hydrogens is 344 g/mol. The fourth-order valence-electron chi connectivity index (χ4n) is 2.02. The number of amides is 1. The van der Waals surface area contributed by atoms with Crippen LogP contribution in [-0.2, 0) is 16.6 Å². The Bertz CT molecular complexity index is 788. The van der Waals surface area contributed by atoms with E-state index in [2.05, 4.69) is 20.9 Å². The molecule has 0 N–H and O–H groups in total. The zero-order valence-electron chi connectivity index (χ0n) is 10.2. The first-order valence-electron chi connectivity index (χ1n) is 5.77. The average Bonchev–Trinajstić information content (AvgIpc) is 2.63. The number of hydrogen-bond donors (Lipinski definition) is 0. The van der Waals surface area contributed by atoms with Crippen LogP contribution in [0.15, 0.2) is 52.1 Å². The van der Waals surface area contributed by atoms with E-state index in [-0.39, 0.29) is 17.1 Å². The van der Waals surface area contributed by atoms with Crippen LogP contribution in [0.25, 0.3) is 0 Å². The van der Waals surface area contributed by atoms with Crippen LogP contribution in [0.1, 0.15) is 15.9 Å². The Morgan fingerprint density at radius 3 is 2.50 bits per heavy atom. The van der Waals surface area contributed by atoms with Crippen LogP contribution in [0.5, 0.6) is 0 Å². The van der Waals surface area contributed by atoms with Gasteiger partial charge >= 0.3 is 0 Å². The van der Waals surface area contributed by atoms with Crippen molar-refractivity contribution in [3.8, 4) is 0 Å². The Morgan fingerprint density at radius 2 is 1.85 bits per heavy atom. The van der Waals surface area contributed by atoms with Crippen LogP contribution in [0, 0.1) is 0 Å². The van der Waals surface area contributed by atoms with Crippen LogP contribution >= 0.6 is 15.9 Å². The first-order chi connectivity index (χ1) is 9.50.